The van der Waals surface area contributed by atoms with Gasteiger partial charge in [-0.05, 0) is 32.9 Å². The Morgan fingerprint density at radius 3 is 2.52 bits per heavy atom. The van der Waals surface area contributed by atoms with Crippen LogP contribution in [-0.4, -0.2) is 34.1 Å². The van der Waals surface area contributed by atoms with Crippen molar-refractivity contribution in [1.82, 2.24) is 15.4 Å². The van der Waals surface area contributed by atoms with E-state index in [4.69, 9.17) is 37.4 Å². The number of carbonyl (C=O) groups excluding carboxylic acids is 2. The number of nitrogens with zero attached hydrogens (tertiary/aromatic N) is 2. The van der Waals surface area contributed by atoms with Crippen LogP contribution in [0.15, 0.2) is 18.2 Å². The van der Waals surface area contributed by atoms with Crippen LogP contribution in [0.5, 0.6) is 11.6 Å². The minimum absolute atomic E-state index is 0.120. The van der Waals surface area contributed by atoms with Gasteiger partial charge in [-0.1, -0.05) is 33.5 Å². The molecular weight excluding hydrogens is 373 g/mol. The molecule has 2 rings (SSSR count). The van der Waals surface area contributed by atoms with Crippen molar-refractivity contribution in [2.24, 2.45) is 5.41 Å². The van der Waals surface area contributed by atoms with Gasteiger partial charge in [0.05, 0.1) is 15.5 Å². The first-order valence-corrected chi connectivity index (χ1v) is 7.82. The second-order valence-electron chi connectivity index (χ2n) is 5.90. The molecule has 0 fully saturated rings. The Hall–Kier alpha value is -2.32. The Morgan fingerprint density at radius 1 is 1.16 bits per heavy atom. The number of halogens is 2. The van der Waals surface area contributed by atoms with Gasteiger partial charge in [0.15, 0.2) is 0 Å². The van der Waals surface area contributed by atoms with Crippen molar-refractivity contribution in [3.63, 3.8) is 0 Å². The molecule has 0 aliphatic carbocycles. The van der Waals surface area contributed by atoms with Crippen LogP contribution in [0.1, 0.15) is 31.3 Å². The van der Waals surface area contributed by atoms with Gasteiger partial charge >= 0.3 is 11.9 Å². The smallest absolute Gasteiger partial charge is 0.365 e. The summed E-state index contributed by atoms with van der Waals surface area (Å²) < 4.78 is 15.1. The number of benzene rings is 1. The van der Waals surface area contributed by atoms with Crippen molar-refractivity contribution in [1.29, 1.82) is 0 Å². The zero-order valence-electron chi connectivity index (χ0n) is 13.6. The number of carbonyl (C=O) groups is 2. The molecule has 0 amide bonds. The molecule has 1 heterocycles. The van der Waals surface area contributed by atoms with E-state index in [-0.39, 0.29) is 16.6 Å². The van der Waals surface area contributed by atoms with Crippen molar-refractivity contribution >= 4 is 35.1 Å². The maximum Gasteiger partial charge on any atom is 0.365 e. The fourth-order valence-electron chi connectivity index (χ4n) is 1.50. The zero-order valence-corrected chi connectivity index (χ0v) is 15.1. The molecule has 0 bridgehead atoms. The van der Waals surface area contributed by atoms with Crippen LogP contribution in [0, 0.1) is 5.41 Å². The van der Waals surface area contributed by atoms with Crippen molar-refractivity contribution in [2.45, 2.75) is 20.8 Å². The summed E-state index contributed by atoms with van der Waals surface area (Å²) in [7, 11) is 0. The molecule has 2 aromatic rings. The molecule has 1 aromatic carbocycles. The van der Waals surface area contributed by atoms with E-state index < -0.39 is 24.1 Å². The largest absolute Gasteiger partial charge is 0.436 e. The van der Waals surface area contributed by atoms with E-state index >= 15 is 0 Å². The summed E-state index contributed by atoms with van der Waals surface area (Å²) in [6.45, 7) is 4.50. The number of ether oxygens (including phenoxy) is 3. The first-order valence-electron chi connectivity index (χ1n) is 7.07. The molecule has 0 aliphatic heterocycles. The molecule has 0 aliphatic rings. The van der Waals surface area contributed by atoms with Crippen LogP contribution in [0.3, 0.4) is 0 Å². The molecule has 0 atom stereocenters. The molecule has 0 spiro atoms. The van der Waals surface area contributed by atoms with Crippen LogP contribution in [0.25, 0.3) is 0 Å². The Labute approximate surface area is 153 Å². The highest BCUT2D eigenvalue weighted by Crippen LogP contribution is 2.29. The highest BCUT2D eigenvalue weighted by atomic mass is 35.5. The monoisotopic (exact) mass is 387 g/mol. The Kier molecular flexibility index (Phi) is 5.86. The van der Waals surface area contributed by atoms with Gasteiger partial charge in [0.25, 0.3) is 5.88 Å². The lowest BCUT2D eigenvalue weighted by Gasteiger charge is -2.16. The van der Waals surface area contributed by atoms with Gasteiger partial charge in [-0.15, -0.1) is 0 Å². The highest BCUT2D eigenvalue weighted by Gasteiger charge is 2.24. The number of H-pyrrole nitrogens is 1. The molecule has 134 valence electrons. The van der Waals surface area contributed by atoms with Crippen LogP contribution < -0.4 is 4.74 Å². The molecule has 1 N–H and O–H groups in total. The fourth-order valence-corrected chi connectivity index (χ4v) is 1.79. The number of hydrogen-bond acceptors (Lipinski definition) is 7. The fraction of sp³-hybridized carbons (Fsp3) is 0.333. The maximum absolute atomic E-state index is 12.0. The third kappa shape index (κ3) is 5.07. The summed E-state index contributed by atoms with van der Waals surface area (Å²) in [6.07, 6.45) is 0. The van der Waals surface area contributed by atoms with Crippen molar-refractivity contribution in [3.8, 4) is 11.6 Å². The van der Waals surface area contributed by atoms with Gasteiger partial charge < -0.3 is 14.2 Å². The van der Waals surface area contributed by atoms with Gasteiger partial charge in [0, 0.05) is 6.07 Å². The topological polar surface area (TPSA) is 103 Å². The normalized spacial score (nSPS) is 11.1. The second-order valence-corrected chi connectivity index (χ2v) is 6.72. The Bertz CT molecular complexity index is 786. The number of rotatable bonds is 5. The second kappa shape index (κ2) is 7.71. The van der Waals surface area contributed by atoms with E-state index in [0.717, 1.165) is 0 Å². The minimum atomic E-state index is -0.846. The van der Waals surface area contributed by atoms with E-state index in [1.807, 2.05) is 0 Å². The van der Waals surface area contributed by atoms with E-state index in [1.165, 1.54) is 12.1 Å². The summed E-state index contributed by atoms with van der Waals surface area (Å²) in [5, 5.41) is 10.1. The molecule has 10 heteroatoms. The zero-order chi connectivity index (χ0) is 18.6. The molecule has 25 heavy (non-hydrogen) atoms. The number of esters is 2. The summed E-state index contributed by atoms with van der Waals surface area (Å²) in [6, 6.07) is 4.53. The predicted octanol–water partition coefficient (Wildman–Crippen LogP) is 3.61. The van der Waals surface area contributed by atoms with Crippen molar-refractivity contribution in [2.75, 3.05) is 6.79 Å². The van der Waals surface area contributed by atoms with Gasteiger partial charge in [0.1, 0.15) is 5.75 Å². The lowest BCUT2D eigenvalue weighted by Crippen LogP contribution is -2.24. The van der Waals surface area contributed by atoms with Gasteiger partial charge in [-0.2, -0.15) is 0 Å². The lowest BCUT2D eigenvalue weighted by molar-refractivity contribution is -0.161. The standard InChI is InChI=1S/C15H15Cl2N3O5/c1-15(2,3)14(22)24-7-23-13(21)11-12(19-20-18-11)25-8-4-5-9(16)10(17)6-8/h4-6H,7H2,1-3H3,(H,18,19,20). The molecule has 0 saturated heterocycles. The predicted molar refractivity (Wildman–Crippen MR) is 88.7 cm³/mol. The third-order valence-electron chi connectivity index (χ3n) is 2.82. The number of nitrogens with one attached hydrogen (secondary N) is 1. The average molecular weight is 388 g/mol. The first kappa shape index (κ1) is 19.0. The van der Waals surface area contributed by atoms with Crippen molar-refractivity contribution < 1.29 is 23.8 Å². The van der Waals surface area contributed by atoms with Crippen LogP contribution in [-0.2, 0) is 14.3 Å². The summed E-state index contributed by atoms with van der Waals surface area (Å²) >= 11 is 11.7. The van der Waals surface area contributed by atoms with E-state index in [1.54, 1.807) is 26.8 Å². The number of hydrogen-bond donors (Lipinski definition) is 1. The Morgan fingerprint density at radius 2 is 1.88 bits per heavy atom. The van der Waals surface area contributed by atoms with Crippen LogP contribution in [0.2, 0.25) is 10.0 Å². The molecule has 1 aromatic heterocycles. The number of aromatic amines is 1. The van der Waals surface area contributed by atoms with Gasteiger partial charge in [0.2, 0.25) is 12.5 Å². The summed E-state index contributed by atoms with van der Waals surface area (Å²) in [5.41, 5.74) is -0.845. The third-order valence-corrected chi connectivity index (χ3v) is 3.56. The maximum atomic E-state index is 12.0. The molecule has 0 radical (unpaired) electrons. The minimum Gasteiger partial charge on any atom is -0.436 e. The van der Waals surface area contributed by atoms with Crippen LogP contribution >= 0.6 is 23.2 Å². The molecular formula is C15H15Cl2N3O5. The van der Waals surface area contributed by atoms with Crippen LogP contribution in [0.4, 0.5) is 0 Å². The summed E-state index contributed by atoms with van der Waals surface area (Å²) in [4.78, 5) is 23.6. The molecule has 8 nitrogen and oxygen atoms in total. The molecule has 0 saturated carbocycles. The van der Waals surface area contributed by atoms with Gasteiger partial charge in [-0.25, -0.2) is 9.89 Å². The SMILES string of the molecule is CC(C)(C)C(=O)OCOC(=O)c1[nH]nnc1Oc1ccc(Cl)c(Cl)c1. The van der Waals surface area contributed by atoms with E-state index in [0.29, 0.717) is 10.8 Å². The molecule has 0 unspecified atom stereocenters. The van der Waals surface area contributed by atoms with Gasteiger partial charge in [-0.3, -0.25) is 4.79 Å². The number of aromatic nitrogens is 3. The summed E-state index contributed by atoms with van der Waals surface area (Å²) in [5.74, 6) is -1.17. The Balaban J connectivity index is 1.99. The average Bonchev–Trinajstić information content (AvgIpc) is 2.98. The van der Waals surface area contributed by atoms with E-state index in [2.05, 4.69) is 15.4 Å². The van der Waals surface area contributed by atoms with Crippen molar-refractivity contribution in [3.05, 3.63) is 33.9 Å². The van der Waals surface area contributed by atoms with E-state index in [9.17, 15) is 9.59 Å². The first-order chi connectivity index (χ1) is 11.7. The highest BCUT2D eigenvalue weighted by molar-refractivity contribution is 6.42. The lowest BCUT2D eigenvalue weighted by atomic mass is 9.98. The quantitative estimate of drug-likeness (QED) is 0.616.